The van der Waals surface area contributed by atoms with Gasteiger partial charge in [-0.15, -0.1) is 23.1 Å². The quantitative estimate of drug-likeness (QED) is 0.618. The van der Waals surface area contributed by atoms with Gasteiger partial charge in [0.1, 0.15) is 0 Å². The molecule has 0 bridgehead atoms. The van der Waals surface area contributed by atoms with Crippen LogP contribution in [0.1, 0.15) is 20.8 Å². The number of rotatable bonds is 2. The Kier molecular flexibility index (Phi) is 3.02. The number of halogens is 1. The second-order valence-electron chi connectivity index (χ2n) is 3.73. The van der Waals surface area contributed by atoms with Gasteiger partial charge in [0.2, 0.25) is 0 Å². The monoisotopic (exact) mass is 301 g/mol. The zero-order chi connectivity index (χ0) is 12.0. The number of thiophene rings is 1. The predicted octanol–water partition coefficient (Wildman–Crippen LogP) is 4.07. The van der Waals surface area contributed by atoms with Gasteiger partial charge in [-0.2, -0.15) is 0 Å². The fraction of sp³-hybridized carbons (Fsp3) is 0.273. The molecule has 0 atom stereocenters. The van der Waals surface area contributed by atoms with Gasteiger partial charge in [0, 0.05) is 11.8 Å². The molecule has 0 spiro atoms. The Morgan fingerprint density at radius 2 is 2.35 bits per heavy atom. The van der Waals surface area contributed by atoms with Gasteiger partial charge >= 0.3 is 0 Å². The minimum atomic E-state index is -0.334. The van der Waals surface area contributed by atoms with E-state index in [9.17, 15) is 4.79 Å². The summed E-state index contributed by atoms with van der Waals surface area (Å²) in [6.07, 6.45) is 5.82. The Morgan fingerprint density at radius 1 is 1.53 bits per heavy atom. The summed E-state index contributed by atoms with van der Waals surface area (Å²) in [5, 5.41) is -0.334. The molecule has 2 nitrogen and oxygen atoms in total. The lowest BCUT2D eigenvalue weighted by atomic mass is 9.94. The van der Waals surface area contributed by atoms with Crippen molar-refractivity contribution in [2.45, 2.75) is 17.1 Å². The van der Waals surface area contributed by atoms with E-state index in [2.05, 4.69) is 4.37 Å². The average Bonchev–Trinajstić information content (AvgIpc) is 2.91. The first-order chi connectivity index (χ1) is 8.22. The van der Waals surface area contributed by atoms with E-state index < -0.39 is 0 Å². The first-order valence-electron chi connectivity index (χ1n) is 5.05. The van der Waals surface area contributed by atoms with E-state index >= 15 is 0 Å². The van der Waals surface area contributed by atoms with Crippen molar-refractivity contribution < 1.29 is 4.79 Å². The topological polar surface area (TPSA) is 30.0 Å². The third-order valence-electron chi connectivity index (χ3n) is 2.85. The number of carbonyl (C=O) groups is 1. The van der Waals surface area contributed by atoms with Crippen LogP contribution in [0.2, 0.25) is 0 Å². The third kappa shape index (κ3) is 1.76. The highest BCUT2D eigenvalue weighted by Crippen LogP contribution is 2.47. The molecule has 0 saturated carbocycles. The number of thioether (sulfide) groups is 1. The zero-order valence-corrected chi connectivity index (χ0v) is 12.2. The fourth-order valence-electron chi connectivity index (χ4n) is 2.12. The van der Waals surface area contributed by atoms with Crippen LogP contribution in [0.3, 0.4) is 0 Å². The maximum absolute atomic E-state index is 11.5. The molecule has 0 aromatic carbocycles. The van der Waals surface area contributed by atoms with Crippen molar-refractivity contribution in [1.82, 2.24) is 4.37 Å². The van der Waals surface area contributed by atoms with Gasteiger partial charge in [0.15, 0.2) is 0 Å². The number of aryl methyl sites for hydroxylation is 1. The van der Waals surface area contributed by atoms with Gasteiger partial charge in [-0.1, -0.05) is 0 Å². The first-order valence-corrected chi connectivity index (χ1v) is 8.25. The molecule has 0 radical (unpaired) electrons. The number of hydrogen-bond donors (Lipinski definition) is 0. The van der Waals surface area contributed by atoms with E-state index in [4.69, 9.17) is 11.6 Å². The SMILES string of the molecule is CSc1sc(C(=O)Cl)c2c1-c1sncc1CC2. The number of fused-ring (bicyclic) bond motifs is 3. The summed E-state index contributed by atoms with van der Waals surface area (Å²) in [7, 11) is 0. The van der Waals surface area contributed by atoms with Gasteiger partial charge in [0.05, 0.1) is 14.0 Å². The predicted molar refractivity (Wildman–Crippen MR) is 74.8 cm³/mol. The average molecular weight is 302 g/mol. The molecule has 0 aliphatic heterocycles. The van der Waals surface area contributed by atoms with Crippen LogP contribution in [0.25, 0.3) is 10.4 Å². The minimum absolute atomic E-state index is 0.334. The molecule has 0 amide bonds. The molecule has 2 heterocycles. The molecule has 0 N–H and O–H groups in total. The van der Waals surface area contributed by atoms with Gasteiger partial charge in [-0.3, -0.25) is 4.79 Å². The molecule has 6 heteroatoms. The van der Waals surface area contributed by atoms with Crippen molar-refractivity contribution >= 4 is 51.5 Å². The molecule has 1 aliphatic rings. The van der Waals surface area contributed by atoms with E-state index in [0.717, 1.165) is 18.4 Å². The van der Waals surface area contributed by atoms with Crippen LogP contribution in [-0.4, -0.2) is 15.9 Å². The summed E-state index contributed by atoms with van der Waals surface area (Å²) < 4.78 is 5.43. The summed E-state index contributed by atoms with van der Waals surface area (Å²) in [4.78, 5) is 13.4. The molecular weight excluding hydrogens is 294 g/mol. The van der Waals surface area contributed by atoms with Crippen molar-refractivity contribution in [2.75, 3.05) is 6.26 Å². The van der Waals surface area contributed by atoms with Crippen LogP contribution >= 0.6 is 46.2 Å². The van der Waals surface area contributed by atoms with Crippen LogP contribution in [0.15, 0.2) is 10.4 Å². The van der Waals surface area contributed by atoms with Gasteiger partial charge in [-0.25, -0.2) is 4.37 Å². The summed E-state index contributed by atoms with van der Waals surface area (Å²) in [6.45, 7) is 0. The Balaban J connectivity index is 2.29. The molecule has 0 saturated heterocycles. The van der Waals surface area contributed by atoms with Crippen LogP contribution in [0, 0.1) is 0 Å². The minimum Gasteiger partial charge on any atom is -0.275 e. The molecule has 3 rings (SSSR count). The second kappa shape index (κ2) is 4.39. The summed E-state index contributed by atoms with van der Waals surface area (Å²) in [5.41, 5.74) is 3.62. The van der Waals surface area contributed by atoms with Gasteiger partial charge in [0.25, 0.3) is 5.24 Å². The summed E-state index contributed by atoms with van der Waals surface area (Å²) in [6, 6.07) is 0. The molecule has 1 aliphatic carbocycles. The van der Waals surface area contributed by atoms with Crippen molar-refractivity contribution in [2.24, 2.45) is 0 Å². The lowest BCUT2D eigenvalue weighted by molar-refractivity contribution is 0.108. The van der Waals surface area contributed by atoms with E-state index in [-0.39, 0.29) is 5.24 Å². The number of carbonyl (C=O) groups excluding carboxylic acids is 1. The van der Waals surface area contributed by atoms with Crippen molar-refractivity contribution in [1.29, 1.82) is 0 Å². The molecular formula is C11H8ClNOS3. The Hall–Kier alpha value is -0.360. The Morgan fingerprint density at radius 3 is 3.06 bits per heavy atom. The largest absolute Gasteiger partial charge is 0.275 e. The van der Waals surface area contributed by atoms with E-state index in [1.165, 1.54) is 43.1 Å². The van der Waals surface area contributed by atoms with E-state index in [0.29, 0.717) is 4.88 Å². The molecule has 2 aromatic heterocycles. The van der Waals surface area contributed by atoms with Crippen molar-refractivity contribution in [3.8, 4) is 10.4 Å². The molecule has 0 fully saturated rings. The molecule has 17 heavy (non-hydrogen) atoms. The standard InChI is InChI=1S/C11H8ClNOS3/c1-15-11-7-6(9(16-11)10(12)14)3-2-5-4-13-17-8(5)7/h4H,2-3H2,1H3. The summed E-state index contributed by atoms with van der Waals surface area (Å²) >= 11 is 10.4. The Bertz CT molecular complexity index is 602. The van der Waals surface area contributed by atoms with Crippen molar-refractivity contribution in [3.63, 3.8) is 0 Å². The fourth-order valence-corrected chi connectivity index (χ4v) is 5.28. The van der Waals surface area contributed by atoms with Crippen LogP contribution < -0.4 is 0 Å². The molecule has 2 aromatic rings. The highest BCUT2D eigenvalue weighted by Gasteiger charge is 2.28. The molecule has 0 unspecified atom stereocenters. The lowest BCUT2D eigenvalue weighted by Gasteiger charge is -2.13. The second-order valence-corrected chi connectivity index (χ2v) is 6.97. The zero-order valence-electron chi connectivity index (χ0n) is 8.95. The van der Waals surface area contributed by atoms with Crippen molar-refractivity contribution in [3.05, 3.63) is 22.2 Å². The smallest absolute Gasteiger partial charge is 0.262 e. The summed E-state index contributed by atoms with van der Waals surface area (Å²) in [5.74, 6) is 0. The van der Waals surface area contributed by atoms with Crippen LogP contribution in [-0.2, 0) is 12.8 Å². The van der Waals surface area contributed by atoms with Crippen LogP contribution in [0.5, 0.6) is 0 Å². The van der Waals surface area contributed by atoms with E-state index in [1.807, 2.05) is 12.5 Å². The highest BCUT2D eigenvalue weighted by atomic mass is 35.5. The highest BCUT2D eigenvalue weighted by molar-refractivity contribution is 8.00. The molecule has 88 valence electrons. The third-order valence-corrected chi connectivity index (χ3v) is 6.37. The van der Waals surface area contributed by atoms with Gasteiger partial charge in [-0.05, 0) is 53.4 Å². The van der Waals surface area contributed by atoms with E-state index in [1.54, 1.807) is 11.8 Å². The number of nitrogens with zero attached hydrogens (tertiary/aromatic N) is 1. The maximum atomic E-state index is 11.5. The normalized spacial score (nSPS) is 13.3. The Labute approximate surface area is 116 Å². The van der Waals surface area contributed by atoms with Gasteiger partial charge < -0.3 is 0 Å². The lowest BCUT2D eigenvalue weighted by Crippen LogP contribution is -2.02. The number of aromatic nitrogens is 1. The van der Waals surface area contributed by atoms with Crippen LogP contribution in [0.4, 0.5) is 0 Å². The number of hydrogen-bond acceptors (Lipinski definition) is 5. The maximum Gasteiger partial charge on any atom is 0.262 e. The first kappa shape index (κ1) is 11.7.